The summed E-state index contributed by atoms with van der Waals surface area (Å²) in [6, 6.07) is 6.35. The van der Waals surface area contributed by atoms with Gasteiger partial charge in [-0.3, -0.25) is 19.8 Å². The van der Waals surface area contributed by atoms with Gasteiger partial charge in [-0.1, -0.05) is 31.0 Å². The molecule has 2 fully saturated rings. The maximum Gasteiger partial charge on any atom is 0.331 e. The van der Waals surface area contributed by atoms with Crippen molar-refractivity contribution in [3.63, 3.8) is 0 Å². The van der Waals surface area contributed by atoms with E-state index in [0.717, 1.165) is 25.7 Å². The average molecular weight is 314 g/mol. The minimum atomic E-state index is -0.667. The van der Waals surface area contributed by atoms with Gasteiger partial charge in [0, 0.05) is 11.6 Å². The molecule has 3 rings (SSSR count). The fourth-order valence-electron chi connectivity index (χ4n) is 3.11. The molecule has 0 bridgehead atoms. The van der Waals surface area contributed by atoms with E-state index in [9.17, 15) is 14.4 Å². The van der Waals surface area contributed by atoms with Gasteiger partial charge in [-0.25, -0.2) is 4.79 Å². The first-order chi connectivity index (χ1) is 11.1. The SMILES string of the molecule is COc1ccccc1/C=C1\C(=O)NC(=O)N(C2CCCC2)C1=O. The molecule has 0 unspecified atom stereocenters. The van der Waals surface area contributed by atoms with Crippen molar-refractivity contribution in [2.24, 2.45) is 0 Å². The third kappa shape index (κ3) is 2.84. The van der Waals surface area contributed by atoms with E-state index in [2.05, 4.69) is 5.32 Å². The largest absolute Gasteiger partial charge is 0.496 e. The van der Waals surface area contributed by atoms with E-state index in [1.807, 2.05) is 0 Å². The number of hydrogen-bond donors (Lipinski definition) is 1. The minimum Gasteiger partial charge on any atom is -0.496 e. The Morgan fingerprint density at radius 2 is 1.87 bits per heavy atom. The Morgan fingerprint density at radius 3 is 2.57 bits per heavy atom. The Balaban J connectivity index is 1.96. The van der Waals surface area contributed by atoms with E-state index >= 15 is 0 Å². The second-order valence-corrected chi connectivity index (χ2v) is 5.67. The fourth-order valence-corrected chi connectivity index (χ4v) is 3.11. The first kappa shape index (κ1) is 15.3. The molecule has 0 aromatic heterocycles. The predicted octanol–water partition coefficient (Wildman–Crippen LogP) is 2.10. The van der Waals surface area contributed by atoms with Crippen molar-refractivity contribution in [1.29, 1.82) is 0 Å². The van der Waals surface area contributed by atoms with Gasteiger partial charge in [0.05, 0.1) is 7.11 Å². The normalized spacial score (nSPS) is 21.0. The Kier molecular flexibility index (Phi) is 4.14. The Bertz CT molecular complexity index is 690. The van der Waals surface area contributed by atoms with E-state index in [4.69, 9.17) is 4.74 Å². The Labute approximate surface area is 134 Å². The summed E-state index contributed by atoms with van der Waals surface area (Å²) >= 11 is 0. The summed E-state index contributed by atoms with van der Waals surface area (Å²) in [5.74, 6) is -0.637. The van der Waals surface area contributed by atoms with Gasteiger partial charge in [0.15, 0.2) is 0 Å². The summed E-state index contributed by atoms with van der Waals surface area (Å²) in [6.07, 6.45) is 5.03. The highest BCUT2D eigenvalue weighted by molar-refractivity contribution is 6.31. The highest BCUT2D eigenvalue weighted by Crippen LogP contribution is 2.28. The molecule has 2 aliphatic rings. The molecule has 23 heavy (non-hydrogen) atoms. The van der Waals surface area contributed by atoms with Crippen molar-refractivity contribution in [3.05, 3.63) is 35.4 Å². The van der Waals surface area contributed by atoms with E-state index in [1.54, 1.807) is 24.3 Å². The summed E-state index contributed by atoms with van der Waals surface area (Å²) in [5, 5.41) is 2.26. The number of methoxy groups -OCH3 is 1. The third-order valence-electron chi connectivity index (χ3n) is 4.26. The van der Waals surface area contributed by atoms with Crippen LogP contribution in [0.1, 0.15) is 31.2 Å². The lowest BCUT2D eigenvalue weighted by Gasteiger charge is -2.31. The van der Waals surface area contributed by atoms with Crippen LogP contribution in [0, 0.1) is 0 Å². The van der Waals surface area contributed by atoms with Crippen LogP contribution in [0.25, 0.3) is 6.08 Å². The lowest BCUT2D eigenvalue weighted by Crippen LogP contribution is -2.57. The number of rotatable bonds is 3. The van der Waals surface area contributed by atoms with Gasteiger partial charge in [0.1, 0.15) is 11.3 Å². The van der Waals surface area contributed by atoms with Crippen LogP contribution >= 0.6 is 0 Å². The lowest BCUT2D eigenvalue weighted by molar-refractivity contribution is -0.131. The summed E-state index contributed by atoms with van der Waals surface area (Å²) in [6.45, 7) is 0. The topological polar surface area (TPSA) is 75.7 Å². The van der Waals surface area contributed by atoms with Crippen molar-refractivity contribution in [3.8, 4) is 5.75 Å². The van der Waals surface area contributed by atoms with Crippen molar-refractivity contribution >= 4 is 23.9 Å². The van der Waals surface area contributed by atoms with Crippen molar-refractivity contribution in [1.82, 2.24) is 10.2 Å². The zero-order chi connectivity index (χ0) is 16.4. The number of hydrogen-bond acceptors (Lipinski definition) is 4. The predicted molar refractivity (Wildman–Crippen MR) is 83.6 cm³/mol. The van der Waals surface area contributed by atoms with Crippen LogP contribution in [0.5, 0.6) is 5.75 Å². The van der Waals surface area contributed by atoms with Crippen LogP contribution in [0.3, 0.4) is 0 Å². The number of carbonyl (C=O) groups is 3. The van der Waals surface area contributed by atoms with Crippen LogP contribution in [0.4, 0.5) is 4.79 Å². The maximum atomic E-state index is 12.7. The maximum absolute atomic E-state index is 12.7. The molecule has 1 saturated heterocycles. The first-order valence-corrected chi connectivity index (χ1v) is 7.65. The zero-order valence-corrected chi connectivity index (χ0v) is 12.9. The van der Waals surface area contributed by atoms with Crippen LogP contribution in [-0.2, 0) is 9.59 Å². The van der Waals surface area contributed by atoms with E-state index in [0.29, 0.717) is 11.3 Å². The molecule has 1 N–H and O–H groups in total. The molecule has 1 aromatic carbocycles. The summed E-state index contributed by atoms with van der Waals surface area (Å²) < 4.78 is 5.24. The molecule has 0 spiro atoms. The van der Waals surface area contributed by atoms with Crippen LogP contribution in [0.15, 0.2) is 29.8 Å². The molecule has 4 amide bonds. The number of para-hydroxylation sites is 1. The number of carbonyl (C=O) groups excluding carboxylic acids is 3. The van der Waals surface area contributed by atoms with Gasteiger partial charge in [0.25, 0.3) is 11.8 Å². The number of nitrogens with one attached hydrogen (secondary N) is 1. The fraction of sp³-hybridized carbons (Fsp3) is 0.353. The van der Waals surface area contributed by atoms with E-state index in [-0.39, 0.29) is 11.6 Å². The van der Waals surface area contributed by atoms with Crippen molar-refractivity contribution < 1.29 is 19.1 Å². The number of barbiturate groups is 1. The molecular formula is C17H18N2O4. The number of nitrogens with zero attached hydrogens (tertiary/aromatic N) is 1. The summed E-state index contributed by atoms with van der Waals surface area (Å²) in [4.78, 5) is 38.0. The average Bonchev–Trinajstić information content (AvgIpc) is 3.05. The molecule has 120 valence electrons. The molecule has 1 aliphatic heterocycles. The standard InChI is InChI=1S/C17H18N2O4/c1-23-14-9-5-2-6-11(14)10-13-15(20)18-17(22)19(16(13)21)12-7-3-4-8-12/h2,5-6,9-10,12H,3-4,7-8H2,1H3,(H,18,20,22)/b13-10+. The number of benzene rings is 1. The van der Waals surface area contributed by atoms with Gasteiger partial charge in [-0.2, -0.15) is 0 Å². The highest BCUT2D eigenvalue weighted by Gasteiger charge is 2.40. The number of ether oxygens (including phenoxy) is 1. The van der Waals surface area contributed by atoms with E-state index < -0.39 is 17.8 Å². The van der Waals surface area contributed by atoms with Gasteiger partial charge in [-0.05, 0) is 25.0 Å². The van der Waals surface area contributed by atoms with Gasteiger partial charge in [-0.15, -0.1) is 0 Å². The van der Waals surface area contributed by atoms with E-state index in [1.165, 1.54) is 18.1 Å². The van der Waals surface area contributed by atoms with Crippen LogP contribution < -0.4 is 10.1 Å². The van der Waals surface area contributed by atoms with Gasteiger partial charge >= 0.3 is 6.03 Å². The second kappa shape index (κ2) is 6.24. The summed E-state index contributed by atoms with van der Waals surface area (Å²) in [5.41, 5.74) is 0.579. The smallest absolute Gasteiger partial charge is 0.331 e. The molecular weight excluding hydrogens is 296 g/mol. The molecule has 0 atom stereocenters. The quantitative estimate of drug-likeness (QED) is 0.685. The van der Waals surface area contributed by atoms with Crippen molar-refractivity contribution in [2.75, 3.05) is 7.11 Å². The van der Waals surface area contributed by atoms with Crippen LogP contribution in [0.2, 0.25) is 0 Å². The number of imide groups is 2. The summed E-state index contributed by atoms with van der Waals surface area (Å²) in [7, 11) is 1.52. The molecule has 1 aliphatic carbocycles. The van der Waals surface area contributed by atoms with Gasteiger partial charge in [0.2, 0.25) is 0 Å². The zero-order valence-electron chi connectivity index (χ0n) is 12.9. The van der Waals surface area contributed by atoms with Crippen LogP contribution in [-0.4, -0.2) is 35.9 Å². The molecule has 6 nitrogen and oxygen atoms in total. The number of amides is 4. The first-order valence-electron chi connectivity index (χ1n) is 7.65. The monoisotopic (exact) mass is 314 g/mol. The Hall–Kier alpha value is -2.63. The third-order valence-corrected chi connectivity index (χ3v) is 4.26. The molecule has 6 heteroatoms. The molecule has 0 radical (unpaired) electrons. The number of urea groups is 1. The molecule has 1 saturated carbocycles. The minimum absolute atomic E-state index is 0.0407. The molecule has 1 heterocycles. The van der Waals surface area contributed by atoms with Crippen molar-refractivity contribution in [2.45, 2.75) is 31.7 Å². The lowest BCUT2D eigenvalue weighted by atomic mass is 10.0. The highest BCUT2D eigenvalue weighted by atomic mass is 16.5. The molecule has 1 aromatic rings. The Morgan fingerprint density at radius 1 is 1.17 bits per heavy atom. The second-order valence-electron chi connectivity index (χ2n) is 5.67. The van der Waals surface area contributed by atoms with Gasteiger partial charge < -0.3 is 4.74 Å².